The van der Waals surface area contributed by atoms with Gasteiger partial charge >= 0.3 is 5.97 Å². The molecule has 2 aromatic carbocycles. The summed E-state index contributed by atoms with van der Waals surface area (Å²) in [5.74, 6) is -2.17. The van der Waals surface area contributed by atoms with Crippen LogP contribution in [0.5, 0.6) is 0 Å². The van der Waals surface area contributed by atoms with E-state index in [-0.39, 0.29) is 30.2 Å². The Labute approximate surface area is 198 Å². The average molecular weight is 519 g/mol. The van der Waals surface area contributed by atoms with Crippen molar-refractivity contribution in [3.63, 3.8) is 0 Å². The van der Waals surface area contributed by atoms with Gasteiger partial charge in [-0.3, -0.25) is 9.59 Å². The number of nitrogens with one attached hydrogen (secondary N) is 1. The van der Waals surface area contributed by atoms with Crippen LogP contribution in [0.2, 0.25) is 0 Å². The largest absolute Gasteiger partial charge is 0.481 e. The number of aliphatic carboxylic acids is 1. The van der Waals surface area contributed by atoms with E-state index in [4.69, 9.17) is 0 Å². The Balaban J connectivity index is 1.56. The van der Waals surface area contributed by atoms with Crippen molar-refractivity contribution in [1.29, 1.82) is 0 Å². The molecular weight excluding hydrogens is 494 g/mol. The second-order valence-corrected chi connectivity index (χ2v) is 9.47. The maximum atomic E-state index is 14.5. The first kappa shape index (κ1) is 23.4. The molecule has 1 saturated carbocycles. The third-order valence-corrected chi connectivity index (χ3v) is 6.99. The SMILES string of the molecule is O=C(NC1CCCC(C(=O)O)CCC1)c1ccc(F)c2ccn(Cc3ccc(Br)c(F)c3)c12. The van der Waals surface area contributed by atoms with Crippen LogP contribution in [0.25, 0.3) is 10.9 Å². The first-order chi connectivity index (χ1) is 15.8. The van der Waals surface area contributed by atoms with Crippen molar-refractivity contribution in [2.75, 3.05) is 0 Å². The molecule has 3 aromatic rings. The minimum Gasteiger partial charge on any atom is -0.481 e. The predicted octanol–water partition coefficient (Wildman–Crippen LogP) is 5.88. The van der Waals surface area contributed by atoms with Gasteiger partial charge in [0.05, 0.1) is 21.5 Å². The minimum absolute atomic E-state index is 0.0590. The van der Waals surface area contributed by atoms with Crippen LogP contribution in [0.1, 0.15) is 54.4 Å². The minimum atomic E-state index is -0.752. The summed E-state index contributed by atoms with van der Waals surface area (Å²) in [5, 5.41) is 12.7. The smallest absolute Gasteiger partial charge is 0.306 e. The van der Waals surface area contributed by atoms with Gasteiger partial charge in [0.2, 0.25) is 0 Å². The molecule has 1 fully saturated rings. The monoisotopic (exact) mass is 518 g/mol. The number of benzene rings is 2. The van der Waals surface area contributed by atoms with E-state index in [9.17, 15) is 23.5 Å². The van der Waals surface area contributed by atoms with E-state index in [0.717, 1.165) is 12.8 Å². The summed E-state index contributed by atoms with van der Waals surface area (Å²) in [6.45, 7) is 0.289. The van der Waals surface area contributed by atoms with E-state index < -0.39 is 11.8 Å². The third kappa shape index (κ3) is 5.27. The zero-order chi connectivity index (χ0) is 23.5. The summed E-state index contributed by atoms with van der Waals surface area (Å²) >= 11 is 3.14. The average Bonchev–Trinajstić information content (AvgIpc) is 3.17. The van der Waals surface area contributed by atoms with E-state index in [1.807, 2.05) is 0 Å². The number of amides is 1. The number of rotatable bonds is 5. The number of carbonyl (C=O) groups excluding carboxylic acids is 1. The fourth-order valence-corrected chi connectivity index (χ4v) is 4.85. The second-order valence-electron chi connectivity index (χ2n) is 8.62. The second kappa shape index (κ2) is 10.0. The molecule has 0 aliphatic heterocycles. The Bertz CT molecular complexity index is 1180. The number of halogens is 3. The fraction of sp³-hybridized carbons (Fsp3) is 0.360. The molecule has 8 heteroatoms. The Morgan fingerprint density at radius 1 is 1.03 bits per heavy atom. The molecule has 5 nitrogen and oxygen atoms in total. The summed E-state index contributed by atoms with van der Waals surface area (Å²) in [7, 11) is 0. The van der Waals surface area contributed by atoms with E-state index >= 15 is 0 Å². The van der Waals surface area contributed by atoms with Crippen molar-refractivity contribution < 1.29 is 23.5 Å². The summed E-state index contributed by atoms with van der Waals surface area (Å²) in [5.41, 5.74) is 1.52. The third-order valence-electron chi connectivity index (χ3n) is 6.35. The summed E-state index contributed by atoms with van der Waals surface area (Å²) in [6, 6.07) is 9.14. The van der Waals surface area contributed by atoms with Gasteiger partial charge in [-0.15, -0.1) is 0 Å². The molecule has 1 aliphatic carbocycles. The summed E-state index contributed by atoms with van der Waals surface area (Å²) in [4.78, 5) is 24.5. The first-order valence-electron chi connectivity index (χ1n) is 11.1. The van der Waals surface area contributed by atoms with Gasteiger partial charge < -0.3 is 15.0 Å². The highest BCUT2D eigenvalue weighted by Crippen LogP contribution is 2.27. The topological polar surface area (TPSA) is 71.3 Å². The maximum Gasteiger partial charge on any atom is 0.306 e. The number of carbonyl (C=O) groups is 2. The number of carboxylic acid groups (broad SMARTS) is 1. The zero-order valence-corrected chi connectivity index (χ0v) is 19.6. The van der Waals surface area contributed by atoms with Crippen LogP contribution in [0.4, 0.5) is 8.78 Å². The number of nitrogens with zero attached hydrogens (tertiary/aromatic N) is 1. The van der Waals surface area contributed by atoms with Crippen molar-refractivity contribution in [3.05, 3.63) is 69.8 Å². The van der Waals surface area contributed by atoms with Crippen LogP contribution in [0, 0.1) is 17.6 Å². The van der Waals surface area contributed by atoms with Crippen molar-refractivity contribution in [3.8, 4) is 0 Å². The molecule has 0 radical (unpaired) electrons. The molecule has 174 valence electrons. The highest BCUT2D eigenvalue weighted by atomic mass is 79.9. The van der Waals surface area contributed by atoms with Gasteiger partial charge in [0.1, 0.15) is 11.6 Å². The van der Waals surface area contributed by atoms with Crippen molar-refractivity contribution >= 4 is 38.7 Å². The molecule has 4 rings (SSSR count). The number of carboxylic acids is 1. The van der Waals surface area contributed by atoms with Gasteiger partial charge in [-0.1, -0.05) is 18.9 Å². The lowest BCUT2D eigenvalue weighted by atomic mass is 9.89. The van der Waals surface area contributed by atoms with Crippen LogP contribution < -0.4 is 5.32 Å². The number of fused-ring (bicyclic) bond motifs is 1. The molecule has 1 aromatic heterocycles. The van der Waals surface area contributed by atoms with Crippen molar-refractivity contribution in [2.24, 2.45) is 5.92 Å². The molecule has 0 atom stereocenters. The van der Waals surface area contributed by atoms with E-state index in [1.54, 1.807) is 29.0 Å². The van der Waals surface area contributed by atoms with Gasteiger partial charge in [-0.2, -0.15) is 0 Å². The predicted molar refractivity (Wildman–Crippen MR) is 125 cm³/mol. The molecular formula is C25H25BrF2N2O3. The lowest BCUT2D eigenvalue weighted by molar-refractivity contribution is -0.142. The van der Waals surface area contributed by atoms with Gasteiger partial charge in [0.15, 0.2) is 0 Å². The van der Waals surface area contributed by atoms with Gasteiger partial charge in [-0.05, 0) is 77.5 Å². The maximum absolute atomic E-state index is 14.5. The highest BCUT2D eigenvalue weighted by Gasteiger charge is 2.24. The van der Waals surface area contributed by atoms with Crippen LogP contribution >= 0.6 is 15.9 Å². The Hall–Kier alpha value is -2.74. The van der Waals surface area contributed by atoms with Crippen molar-refractivity contribution in [2.45, 2.75) is 51.1 Å². The van der Waals surface area contributed by atoms with Gasteiger partial charge in [-0.25, -0.2) is 8.78 Å². The normalized spacial score (nSPS) is 19.1. The Kier molecular flexibility index (Phi) is 7.12. The lowest BCUT2D eigenvalue weighted by Gasteiger charge is -2.24. The molecule has 1 aliphatic rings. The molecule has 0 bridgehead atoms. The summed E-state index contributed by atoms with van der Waals surface area (Å²) < 4.78 is 30.6. The molecule has 2 N–H and O–H groups in total. The van der Waals surface area contributed by atoms with Crippen LogP contribution in [-0.4, -0.2) is 27.6 Å². The molecule has 0 saturated heterocycles. The van der Waals surface area contributed by atoms with Crippen LogP contribution in [0.3, 0.4) is 0 Å². The number of aromatic nitrogens is 1. The number of hydrogen-bond acceptors (Lipinski definition) is 2. The standard InChI is InChI=1S/C25H25BrF2N2O3/c26-20-9-7-15(13-22(20)28)14-30-12-11-18-21(27)10-8-19(23(18)30)24(31)29-17-5-1-3-16(25(32)33)4-2-6-17/h7-13,16-17H,1-6,14H2,(H,29,31)(H,32,33). The van der Waals surface area contributed by atoms with E-state index in [0.29, 0.717) is 52.2 Å². The molecule has 0 unspecified atom stereocenters. The Morgan fingerprint density at radius 2 is 1.76 bits per heavy atom. The first-order valence-corrected chi connectivity index (χ1v) is 11.9. The van der Waals surface area contributed by atoms with E-state index in [1.165, 1.54) is 18.2 Å². The molecule has 0 spiro atoms. The van der Waals surface area contributed by atoms with Crippen LogP contribution in [-0.2, 0) is 11.3 Å². The van der Waals surface area contributed by atoms with Crippen LogP contribution in [0.15, 0.2) is 47.1 Å². The Morgan fingerprint density at radius 3 is 2.42 bits per heavy atom. The molecule has 1 heterocycles. The van der Waals surface area contributed by atoms with E-state index in [2.05, 4.69) is 21.2 Å². The highest BCUT2D eigenvalue weighted by molar-refractivity contribution is 9.10. The fourth-order valence-electron chi connectivity index (χ4n) is 4.60. The lowest BCUT2D eigenvalue weighted by Crippen LogP contribution is -2.36. The zero-order valence-electron chi connectivity index (χ0n) is 18.0. The summed E-state index contributed by atoms with van der Waals surface area (Å²) in [6.07, 6.45) is 5.78. The van der Waals surface area contributed by atoms with Gasteiger partial charge in [0.25, 0.3) is 5.91 Å². The molecule has 33 heavy (non-hydrogen) atoms. The van der Waals surface area contributed by atoms with Crippen molar-refractivity contribution in [1.82, 2.24) is 9.88 Å². The van der Waals surface area contributed by atoms with Gasteiger partial charge in [0, 0.05) is 24.2 Å². The molecule has 1 amide bonds. The number of hydrogen-bond donors (Lipinski definition) is 2. The quantitative estimate of drug-likeness (QED) is 0.442.